The van der Waals surface area contributed by atoms with Gasteiger partial charge in [0.05, 0.1) is 11.4 Å². The second-order valence-electron chi connectivity index (χ2n) is 6.86. The van der Waals surface area contributed by atoms with Crippen LogP contribution in [0.15, 0.2) is 65.6 Å². The van der Waals surface area contributed by atoms with E-state index in [1.807, 2.05) is 0 Å². The lowest BCUT2D eigenvalue weighted by atomic mass is 10.1. The number of rotatable bonds is 6. The number of carbonyl (C=O) groups is 1. The summed E-state index contributed by atoms with van der Waals surface area (Å²) in [6.45, 7) is -0.0809. The minimum atomic E-state index is -4.55. The van der Waals surface area contributed by atoms with E-state index in [0.29, 0.717) is 0 Å². The van der Waals surface area contributed by atoms with Crippen molar-refractivity contribution in [3.63, 3.8) is 0 Å². The van der Waals surface area contributed by atoms with Crippen LogP contribution in [0.5, 0.6) is 0 Å². The van der Waals surface area contributed by atoms with Crippen LogP contribution in [0.4, 0.5) is 13.2 Å². The van der Waals surface area contributed by atoms with Crippen molar-refractivity contribution in [3.05, 3.63) is 66.2 Å². The molecule has 0 aliphatic carbocycles. The van der Waals surface area contributed by atoms with Gasteiger partial charge in [0.15, 0.2) is 0 Å². The van der Waals surface area contributed by atoms with Crippen LogP contribution in [-0.2, 0) is 14.8 Å². The Morgan fingerprint density at radius 1 is 0.933 bits per heavy atom. The molecule has 0 aromatic heterocycles. The summed E-state index contributed by atoms with van der Waals surface area (Å²) in [5, 5.41) is 2.29. The number of piperazine rings is 1. The highest BCUT2D eigenvalue weighted by Crippen LogP contribution is 2.32. The summed E-state index contributed by atoms with van der Waals surface area (Å²) in [6, 6.07) is 13.3. The fraction of sp³-hybridized carbons (Fsp3) is 0.350. The molecule has 2 aromatic carbocycles. The molecule has 162 valence electrons. The second kappa shape index (κ2) is 9.15. The SMILES string of the molecule is O=C(CNC(c1ccccc1)C(F)(F)F)N1CCN(S(=O)(=O)c2ccccc2)CC1. The average molecular weight is 441 g/mol. The van der Waals surface area contributed by atoms with Gasteiger partial charge >= 0.3 is 6.18 Å². The zero-order chi connectivity index (χ0) is 21.8. The van der Waals surface area contributed by atoms with Crippen LogP contribution >= 0.6 is 0 Å². The number of hydrogen-bond acceptors (Lipinski definition) is 4. The molecular weight excluding hydrogens is 419 g/mol. The van der Waals surface area contributed by atoms with Crippen molar-refractivity contribution in [1.82, 2.24) is 14.5 Å². The van der Waals surface area contributed by atoms with Crippen LogP contribution in [0.2, 0.25) is 0 Å². The van der Waals surface area contributed by atoms with E-state index in [1.54, 1.807) is 24.3 Å². The zero-order valence-corrected chi connectivity index (χ0v) is 16.9. The molecule has 30 heavy (non-hydrogen) atoms. The highest BCUT2D eigenvalue weighted by molar-refractivity contribution is 7.89. The molecule has 10 heteroatoms. The first kappa shape index (κ1) is 22.3. The molecule has 0 radical (unpaired) electrons. The highest BCUT2D eigenvalue weighted by Gasteiger charge is 2.41. The first-order valence-corrected chi connectivity index (χ1v) is 10.8. The minimum absolute atomic E-state index is 0.0246. The van der Waals surface area contributed by atoms with Crippen LogP contribution in [0.1, 0.15) is 11.6 Å². The molecule has 1 unspecified atom stereocenters. The van der Waals surface area contributed by atoms with Gasteiger partial charge in [-0.15, -0.1) is 0 Å². The number of carbonyl (C=O) groups excluding carboxylic acids is 1. The average Bonchev–Trinajstić information content (AvgIpc) is 2.74. The van der Waals surface area contributed by atoms with Gasteiger partial charge in [-0.3, -0.25) is 10.1 Å². The van der Waals surface area contributed by atoms with Crippen molar-refractivity contribution < 1.29 is 26.4 Å². The molecule has 6 nitrogen and oxygen atoms in total. The molecule has 3 rings (SSSR count). The standard InChI is InChI=1S/C20H22F3N3O3S/c21-20(22,23)19(16-7-3-1-4-8-16)24-15-18(27)25-11-13-26(14-12-25)30(28,29)17-9-5-2-6-10-17/h1-10,19,24H,11-15H2. The van der Waals surface area contributed by atoms with Gasteiger partial charge in [-0.2, -0.15) is 17.5 Å². The number of nitrogens with zero attached hydrogens (tertiary/aromatic N) is 2. The number of alkyl halides is 3. The van der Waals surface area contributed by atoms with E-state index in [-0.39, 0.29) is 36.6 Å². The predicted octanol–water partition coefficient (Wildman–Crippen LogP) is 2.41. The van der Waals surface area contributed by atoms with Crippen molar-refractivity contribution in [3.8, 4) is 0 Å². The van der Waals surface area contributed by atoms with E-state index in [0.717, 1.165) is 0 Å². The van der Waals surface area contributed by atoms with Crippen LogP contribution in [-0.4, -0.2) is 62.4 Å². The topological polar surface area (TPSA) is 69.7 Å². The van der Waals surface area contributed by atoms with E-state index in [1.165, 1.54) is 45.6 Å². The Morgan fingerprint density at radius 2 is 1.47 bits per heavy atom. The highest BCUT2D eigenvalue weighted by atomic mass is 32.2. The summed E-state index contributed by atoms with van der Waals surface area (Å²) in [5.41, 5.74) is 0.0246. The van der Waals surface area contributed by atoms with Gasteiger partial charge in [0.25, 0.3) is 0 Å². The van der Waals surface area contributed by atoms with Gasteiger partial charge in [0.1, 0.15) is 6.04 Å². The Labute approximate surface area is 173 Å². The van der Waals surface area contributed by atoms with Crippen LogP contribution < -0.4 is 5.32 Å². The summed E-state index contributed by atoms with van der Waals surface area (Å²) < 4.78 is 66.7. The first-order valence-electron chi connectivity index (χ1n) is 9.37. The Kier molecular flexibility index (Phi) is 6.79. The molecule has 2 aromatic rings. The van der Waals surface area contributed by atoms with Crippen molar-refractivity contribution in [2.75, 3.05) is 32.7 Å². The number of benzene rings is 2. The zero-order valence-electron chi connectivity index (χ0n) is 16.0. The van der Waals surface area contributed by atoms with Crippen LogP contribution in [0.3, 0.4) is 0 Å². The van der Waals surface area contributed by atoms with Crippen LogP contribution in [0, 0.1) is 0 Å². The molecule has 1 saturated heterocycles. The first-order chi connectivity index (χ1) is 14.2. The summed E-state index contributed by atoms with van der Waals surface area (Å²) in [7, 11) is -3.66. The fourth-order valence-electron chi connectivity index (χ4n) is 3.29. The smallest absolute Gasteiger partial charge is 0.339 e. The van der Waals surface area contributed by atoms with E-state index in [2.05, 4.69) is 5.32 Å². The largest absolute Gasteiger partial charge is 0.407 e. The lowest BCUT2D eigenvalue weighted by Gasteiger charge is -2.34. The maximum absolute atomic E-state index is 13.4. The van der Waals surface area contributed by atoms with E-state index in [4.69, 9.17) is 0 Å². The number of halogens is 3. The quantitative estimate of drug-likeness (QED) is 0.748. The Balaban J connectivity index is 1.58. The Bertz CT molecular complexity index is 946. The van der Waals surface area contributed by atoms with E-state index < -0.39 is 34.7 Å². The lowest BCUT2D eigenvalue weighted by Crippen LogP contribution is -2.52. The van der Waals surface area contributed by atoms with Gasteiger partial charge in [-0.1, -0.05) is 48.5 Å². The molecule has 1 atom stereocenters. The monoisotopic (exact) mass is 441 g/mol. The third kappa shape index (κ3) is 5.18. The van der Waals surface area contributed by atoms with Gasteiger partial charge in [-0.25, -0.2) is 8.42 Å². The summed E-state index contributed by atoms with van der Waals surface area (Å²) in [4.78, 5) is 14.0. The Hall–Kier alpha value is -2.43. The number of nitrogens with one attached hydrogen (secondary N) is 1. The summed E-state index contributed by atoms with van der Waals surface area (Å²) in [5.74, 6) is -0.503. The molecule has 1 heterocycles. The Morgan fingerprint density at radius 3 is 2.00 bits per heavy atom. The molecule has 1 amide bonds. The summed E-state index contributed by atoms with van der Waals surface area (Å²) >= 11 is 0. The van der Waals surface area contributed by atoms with Gasteiger partial charge < -0.3 is 4.90 Å². The number of sulfonamides is 1. The van der Waals surface area contributed by atoms with Crippen molar-refractivity contribution in [1.29, 1.82) is 0 Å². The molecule has 1 fully saturated rings. The predicted molar refractivity (Wildman–Crippen MR) is 105 cm³/mol. The number of hydrogen-bond donors (Lipinski definition) is 1. The normalized spacial score (nSPS) is 17.0. The van der Waals surface area contributed by atoms with Crippen LogP contribution in [0.25, 0.3) is 0 Å². The molecule has 0 spiro atoms. The fourth-order valence-corrected chi connectivity index (χ4v) is 4.73. The maximum atomic E-state index is 13.4. The van der Waals surface area contributed by atoms with Gasteiger partial charge in [-0.05, 0) is 17.7 Å². The molecule has 0 saturated carbocycles. The second-order valence-corrected chi connectivity index (χ2v) is 8.80. The minimum Gasteiger partial charge on any atom is -0.339 e. The van der Waals surface area contributed by atoms with Gasteiger partial charge in [0, 0.05) is 26.2 Å². The molecule has 0 bridgehead atoms. The molecule has 1 aliphatic rings. The van der Waals surface area contributed by atoms with Crippen molar-refractivity contribution in [2.45, 2.75) is 17.1 Å². The van der Waals surface area contributed by atoms with E-state index >= 15 is 0 Å². The van der Waals surface area contributed by atoms with E-state index in [9.17, 15) is 26.4 Å². The molecular formula is C20H22F3N3O3S. The number of amides is 1. The molecule has 1 aliphatic heterocycles. The third-order valence-electron chi connectivity index (χ3n) is 4.89. The lowest BCUT2D eigenvalue weighted by molar-refractivity contribution is -0.159. The van der Waals surface area contributed by atoms with Crippen molar-refractivity contribution >= 4 is 15.9 Å². The maximum Gasteiger partial charge on any atom is 0.407 e. The molecule has 1 N–H and O–H groups in total. The van der Waals surface area contributed by atoms with Gasteiger partial charge in [0.2, 0.25) is 15.9 Å². The third-order valence-corrected chi connectivity index (χ3v) is 6.80. The van der Waals surface area contributed by atoms with Crippen molar-refractivity contribution in [2.24, 2.45) is 0 Å². The summed E-state index contributed by atoms with van der Waals surface area (Å²) in [6.07, 6.45) is -4.55.